The van der Waals surface area contributed by atoms with Crippen LogP contribution in [0.3, 0.4) is 0 Å². The Morgan fingerprint density at radius 2 is 2.44 bits per heavy atom. The van der Waals surface area contributed by atoms with Gasteiger partial charge in [-0.25, -0.2) is 4.79 Å². The lowest BCUT2D eigenvalue weighted by Gasteiger charge is -2.08. The van der Waals surface area contributed by atoms with Crippen LogP contribution in [0.5, 0.6) is 0 Å². The van der Waals surface area contributed by atoms with E-state index in [1.807, 2.05) is 0 Å². The van der Waals surface area contributed by atoms with E-state index in [0.717, 1.165) is 0 Å². The first kappa shape index (κ1) is 6.35. The van der Waals surface area contributed by atoms with Gasteiger partial charge in [0.2, 0.25) is 0 Å². The Morgan fingerprint density at radius 3 is 2.67 bits per heavy atom. The summed E-state index contributed by atoms with van der Waals surface area (Å²) in [5.74, 6) is 0. The minimum Gasteiger partial charge on any atom is -0.442 e. The van der Waals surface area contributed by atoms with Crippen molar-refractivity contribution in [3.63, 3.8) is 0 Å². The van der Waals surface area contributed by atoms with Gasteiger partial charge < -0.3 is 9.47 Å². The highest BCUT2D eigenvalue weighted by Crippen LogP contribution is 2.06. The van der Waals surface area contributed by atoms with Crippen molar-refractivity contribution in [2.24, 2.45) is 0 Å². The summed E-state index contributed by atoms with van der Waals surface area (Å²) >= 11 is 0. The van der Waals surface area contributed by atoms with Crippen molar-refractivity contribution in [3.8, 4) is 0 Å². The van der Waals surface area contributed by atoms with Crippen LogP contribution in [-0.2, 0) is 9.47 Å². The van der Waals surface area contributed by atoms with Gasteiger partial charge in [-0.15, -0.1) is 0 Å². The molecular weight excluding hydrogens is 122 g/mol. The summed E-state index contributed by atoms with van der Waals surface area (Å²) < 4.78 is 9.53. The third-order valence-electron chi connectivity index (χ3n) is 1.23. The van der Waals surface area contributed by atoms with Crippen LogP contribution >= 0.6 is 0 Å². The second-order valence-corrected chi connectivity index (χ2v) is 1.91. The Kier molecular flexibility index (Phi) is 1.57. The second-order valence-electron chi connectivity index (χ2n) is 1.91. The van der Waals surface area contributed by atoms with Gasteiger partial charge in [-0.1, -0.05) is 0 Å². The SMILES string of the molecule is COC1NC(=O)O[C@@H]1C. The van der Waals surface area contributed by atoms with Gasteiger partial charge in [-0.05, 0) is 6.92 Å². The van der Waals surface area contributed by atoms with Gasteiger partial charge in [0.15, 0.2) is 6.23 Å². The lowest BCUT2D eigenvalue weighted by molar-refractivity contribution is 0.0311. The van der Waals surface area contributed by atoms with Crippen molar-refractivity contribution < 1.29 is 14.3 Å². The van der Waals surface area contributed by atoms with Crippen molar-refractivity contribution in [1.82, 2.24) is 5.32 Å². The Hall–Kier alpha value is -0.770. The molecule has 1 rings (SSSR count). The molecule has 0 aromatic heterocycles. The van der Waals surface area contributed by atoms with Crippen LogP contribution in [0.15, 0.2) is 0 Å². The molecule has 1 amide bonds. The van der Waals surface area contributed by atoms with E-state index < -0.39 is 6.09 Å². The minimum atomic E-state index is -0.408. The van der Waals surface area contributed by atoms with Gasteiger partial charge in [0.1, 0.15) is 6.10 Å². The van der Waals surface area contributed by atoms with Gasteiger partial charge in [0, 0.05) is 7.11 Å². The number of alkyl carbamates (subject to hydrolysis) is 1. The molecule has 52 valence electrons. The zero-order valence-corrected chi connectivity index (χ0v) is 5.38. The number of rotatable bonds is 1. The van der Waals surface area contributed by atoms with Crippen molar-refractivity contribution in [2.75, 3.05) is 7.11 Å². The molecule has 0 bridgehead atoms. The molecule has 1 aliphatic heterocycles. The van der Waals surface area contributed by atoms with Gasteiger partial charge in [0.25, 0.3) is 0 Å². The second kappa shape index (κ2) is 2.23. The van der Waals surface area contributed by atoms with Crippen LogP contribution in [0.2, 0.25) is 0 Å². The average Bonchev–Trinajstić information content (AvgIpc) is 2.10. The maximum absolute atomic E-state index is 10.4. The molecular formula is C5H9NO3. The topological polar surface area (TPSA) is 47.6 Å². The summed E-state index contributed by atoms with van der Waals surface area (Å²) in [4.78, 5) is 10.4. The zero-order chi connectivity index (χ0) is 6.85. The molecule has 4 heteroatoms. The van der Waals surface area contributed by atoms with Crippen molar-refractivity contribution in [3.05, 3.63) is 0 Å². The third kappa shape index (κ3) is 1.13. The van der Waals surface area contributed by atoms with E-state index in [4.69, 9.17) is 4.74 Å². The van der Waals surface area contributed by atoms with Gasteiger partial charge in [0.05, 0.1) is 0 Å². The molecule has 2 atom stereocenters. The average molecular weight is 131 g/mol. The number of nitrogens with one attached hydrogen (secondary N) is 1. The highest BCUT2D eigenvalue weighted by atomic mass is 16.6. The molecule has 1 heterocycles. The number of cyclic esters (lactones) is 1. The zero-order valence-electron chi connectivity index (χ0n) is 5.38. The molecule has 1 N–H and O–H groups in total. The number of hydrogen-bond acceptors (Lipinski definition) is 3. The first-order valence-corrected chi connectivity index (χ1v) is 2.74. The predicted molar refractivity (Wildman–Crippen MR) is 29.9 cm³/mol. The van der Waals surface area contributed by atoms with E-state index in [2.05, 4.69) is 10.1 Å². The number of carbonyl (C=O) groups is 1. The first-order chi connectivity index (χ1) is 4.24. The number of methoxy groups -OCH3 is 1. The molecule has 1 unspecified atom stereocenters. The number of ether oxygens (including phenoxy) is 2. The number of amides is 1. The molecule has 1 saturated heterocycles. The highest BCUT2D eigenvalue weighted by Gasteiger charge is 2.29. The predicted octanol–water partition coefficient (Wildman–Crippen LogP) is 0.0872. The van der Waals surface area contributed by atoms with Crippen LogP contribution < -0.4 is 5.32 Å². The molecule has 1 fully saturated rings. The van der Waals surface area contributed by atoms with Crippen molar-refractivity contribution in [2.45, 2.75) is 19.3 Å². The maximum atomic E-state index is 10.4. The summed E-state index contributed by atoms with van der Waals surface area (Å²) in [5, 5.41) is 2.47. The normalized spacial score (nSPS) is 33.8. The van der Waals surface area contributed by atoms with Crippen LogP contribution in [0.25, 0.3) is 0 Å². The number of hydrogen-bond donors (Lipinski definition) is 1. The molecule has 0 aromatic rings. The lowest BCUT2D eigenvalue weighted by atomic mass is 10.4. The largest absolute Gasteiger partial charge is 0.442 e. The Bertz CT molecular complexity index is 125. The molecule has 0 saturated carbocycles. The van der Waals surface area contributed by atoms with Crippen molar-refractivity contribution >= 4 is 6.09 Å². The van der Waals surface area contributed by atoms with Crippen LogP contribution in [-0.4, -0.2) is 25.5 Å². The highest BCUT2D eigenvalue weighted by molar-refractivity contribution is 5.69. The van der Waals surface area contributed by atoms with E-state index in [0.29, 0.717) is 0 Å². The number of carbonyl (C=O) groups excluding carboxylic acids is 1. The molecule has 0 radical (unpaired) electrons. The van der Waals surface area contributed by atoms with E-state index in [1.54, 1.807) is 6.92 Å². The lowest BCUT2D eigenvalue weighted by Crippen LogP contribution is -2.31. The summed E-state index contributed by atoms with van der Waals surface area (Å²) in [6.45, 7) is 1.77. The fourth-order valence-corrected chi connectivity index (χ4v) is 0.749. The summed E-state index contributed by atoms with van der Waals surface area (Å²) in [7, 11) is 1.52. The van der Waals surface area contributed by atoms with Gasteiger partial charge in [-0.2, -0.15) is 0 Å². The smallest absolute Gasteiger partial charge is 0.409 e. The fourth-order valence-electron chi connectivity index (χ4n) is 0.749. The standard InChI is InChI=1S/C5H9NO3/c1-3-4(8-2)6-5(7)9-3/h3-4H,1-2H3,(H,6,7)/t3-,4?/m1/s1. The van der Waals surface area contributed by atoms with Gasteiger partial charge >= 0.3 is 6.09 Å². The van der Waals surface area contributed by atoms with Crippen molar-refractivity contribution in [1.29, 1.82) is 0 Å². The monoisotopic (exact) mass is 131 g/mol. The molecule has 9 heavy (non-hydrogen) atoms. The summed E-state index contributed by atoms with van der Waals surface area (Å²) in [6, 6.07) is 0. The van der Waals surface area contributed by atoms with Crippen LogP contribution in [0.1, 0.15) is 6.92 Å². The molecule has 0 aromatic carbocycles. The summed E-state index contributed by atoms with van der Waals surface area (Å²) in [6.07, 6.45) is -0.866. The molecule has 1 aliphatic rings. The van der Waals surface area contributed by atoms with Crippen LogP contribution in [0, 0.1) is 0 Å². The van der Waals surface area contributed by atoms with E-state index >= 15 is 0 Å². The molecule has 4 nitrogen and oxygen atoms in total. The quantitative estimate of drug-likeness (QED) is 0.548. The Morgan fingerprint density at radius 1 is 1.78 bits per heavy atom. The van der Waals surface area contributed by atoms with Gasteiger partial charge in [-0.3, -0.25) is 5.32 Å². The fraction of sp³-hybridized carbons (Fsp3) is 0.800. The Balaban J connectivity index is 2.47. The summed E-state index contributed by atoms with van der Waals surface area (Å²) in [5.41, 5.74) is 0. The minimum absolute atomic E-state index is 0.178. The first-order valence-electron chi connectivity index (χ1n) is 2.74. The molecule has 0 spiro atoms. The van der Waals surface area contributed by atoms with Crippen LogP contribution in [0.4, 0.5) is 4.79 Å². The molecule has 0 aliphatic carbocycles. The van der Waals surface area contributed by atoms with E-state index in [-0.39, 0.29) is 12.3 Å². The van der Waals surface area contributed by atoms with E-state index in [9.17, 15) is 4.79 Å². The third-order valence-corrected chi connectivity index (χ3v) is 1.23. The Labute approximate surface area is 53.1 Å². The maximum Gasteiger partial charge on any atom is 0.409 e. The van der Waals surface area contributed by atoms with E-state index in [1.165, 1.54) is 7.11 Å².